The van der Waals surface area contributed by atoms with Gasteiger partial charge in [0, 0.05) is 21.6 Å². The van der Waals surface area contributed by atoms with Crippen LogP contribution in [-0.4, -0.2) is 4.57 Å². The van der Waals surface area contributed by atoms with Gasteiger partial charge in [0.25, 0.3) is 0 Å². The van der Waals surface area contributed by atoms with Gasteiger partial charge in [-0.3, -0.25) is 0 Å². The summed E-state index contributed by atoms with van der Waals surface area (Å²) >= 11 is 0. The third kappa shape index (κ3) is 4.35. The number of nitrogens with zero attached hydrogens (tertiary/aromatic N) is 1. The molecule has 0 atom stereocenters. The second-order valence-corrected chi connectivity index (χ2v) is 17.3. The third-order valence-corrected chi connectivity index (χ3v) is 13.5. The van der Waals surface area contributed by atoms with Gasteiger partial charge in [0.15, 0.2) is 0 Å². The van der Waals surface area contributed by atoms with Gasteiger partial charge in [-0.15, -0.1) is 0 Å². The molecule has 0 saturated carbocycles. The summed E-state index contributed by atoms with van der Waals surface area (Å²) in [4.78, 5) is 0. The summed E-state index contributed by atoms with van der Waals surface area (Å²) in [7, 11) is 0. The molecule has 0 bridgehead atoms. The van der Waals surface area contributed by atoms with Crippen LogP contribution in [0.2, 0.25) is 0 Å². The smallest absolute Gasteiger partial charge is 0.0582 e. The first-order valence-electron chi connectivity index (χ1n) is 20.3. The van der Waals surface area contributed by atoms with Crippen LogP contribution in [-0.2, 0) is 10.8 Å². The molecule has 270 valence electrons. The molecule has 0 spiro atoms. The minimum atomic E-state index is -0.205. The normalized spacial score (nSPS) is 14.6. The number of hydrogen-bond donors (Lipinski definition) is 0. The van der Waals surface area contributed by atoms with Crippen LogP contribution < -0.4 is 0 Å². The average molecular weight is 728 g/mol. The lowest BCUT2D eigenvalue weighted by Crippen LogP contribution is -2.33. The molecule has 1 heteroatoms. The predicted molar refractivity (Wildman–Crippen MR) is 242 cm³/mol. The minimum Gasteiger partial charge on any atom is -0.308 e. The van der Waals surface area contributed by atoms with Crippen LogP contribution in [0, 0.1) is 0 Å². The SMILES string of the molecule is CC1(C)c2cccc3c2-n2c4c1cc(-c1ccc(-c5ccccc5)c5ccccc15)cc4c1cc(-c4ccc(-c5ccccc5)c5ccccc45)cc(c12)C3(C)C. The highest BCUT2D eigenvalue weighted by molar-refractivity contribution is 6.18. The van der Waals surface area contributed by atoms with Gasteiger partial charge in [-0.1, -0.05) is 179 Å². The fourth-order valence-electron chi connectivity index (χ4n) is 10.7. The molecule has 12 rings (SSSR count). The Hall–Kier alpha value is -6.70. The monoisotopic (exact) mass is 727 g/mol. The van der Waals surface area contributed by atoms with Gasteiger partial charge in [-0.05, 0) is 113 Å². The number of rotatable bonds is 4. The highest BCUT2D eigenvalue weighted by Crippen LogP contribution is 2.57. The Balaban J connectivity index is 1.19. The fourth-order valence-corrected chi connectivity index (χ4v) is 10.7. The van der Waals surface area contributed by atoms with E-state index in [4.69, 9.17) is 0 Å². The second kappa shape index (κ2) is 11.4. The molecule has 0 fully saturated rings. The minimum absolute atomic E-state index is 0.205. The summed E-state index contributed by atoms with van der Waals surface area (Å²) in [5.74, 6) is 0. The zero-order valence-electron chi connectivity index (χ0n) is 32.7. The quantitative estimate of drug-likeness (QED) is 0.170. The highest BCUT2D eigenvalue weighted by atomic mass is 15.0. The van der Waals surface area contributed by atoms with Gasteiger partial charge in [-0.2, -0.15) is 0 Å². The van der Waals surface area contributed by atoms with Gasteiger partial charge < -0.3 is 4.57 Å². The van der Waals surface area contributed by atoms with Crippen LogP contribution >= 0.6 is 0 Å². The summed E-state index contributed by atoms with van der Waals surface area (Å²) in [6.45, 7) is 9.75. The average Bonchev–Trinajstić information content (AvgIpc) is 3.58. The molecular formula is C56H41N. The molecule has 0 unspecified atom stereocenters. The van der Waals surface area contributed by atoms with Crippen molar-refractivity contribution in [2.45, 2.75) is 38.5 Å². The van der Waals surface area contributed by atoms with Crippen LogP contribution in [0.15, 0.2) is 176 Å². The van der Waals surface area contributed by atoms with Crippen molar-refractivity contribution < 1.29 is 0 Å². The molecule has 1 nitrogen and oxygen atoms in total. The van der Waals surface area contributed by atoms with Gasteiger partial charge in [0.05, 0.1) is 16.7 Å². The molecule has 1 aromatic heterocycles. The van der Waals surface area contributed by atoms with Crippen molar-refractivity contribution in [2.75, 3.05) is 0 Å². The maximum Gasteiger partial charge on any atom is 0.0582 e. The van der Waals surface area contributed by atoms with Crippen molar-refractivity contribution in [3.63, 3.8) is 0 Å². The van der Waals surface area contributed by atoms with Crippen LogP contribution in [0.5, 0.6) is 0 Å². The van der Waals surface area contributed by atoms with E-state index in [-0.39, 0.29) is 10.8 Å². The van der Waals surface area contributed by atoms with Crippen molar-refractivity contribution in [1.82, 2.24) is 4.57 Å². The van der Waals surface area contributed by atoms with E-state index in [2.05, 4.69) is 208 Å². The molecule has 2 aliphatic rings. The van der Waals surface area contributed by atoms with Crippen molar-refractivity contribution >= 4 is 43.4 Å². The van der Waals surface area contributed by atoms with E-state index in [1.807, 2.05) is 0 Å². The summed E-state index contributed by atoms with van der Waals surface area (Å²) < 4.78 is 2.65. The van der Waals surface area contributed by atoms with E-state index in [9.17, 15) is 0 Å². The summed E-state index contributed by atoms with van der Waals surface area (Å²) in [6.07, 6.45) is 0. The van der Waals surface area contributed by atoms with Crippen molar-refractivity contribution in [3.05, 3.63) is 198 Å². The number of para-hydroxylation sites is 1. The number of hydrogen-bond acceptors (Lipinski definition) is 0. The Morgan fingerprint density at radius 2 is 0.649 bits per heavy atom. The van der Waals surface area contributed by atoms with Crippen molar-refractivity contribution in [2.24, 2.45) is 0 Å². The topological polar surface area (TPSA) is 4.93 Å². The van der Waals surface area contributed by atoms with Crippen molar-refractivity contribution in [3.8, 4) is 50.2 Å². The summed E-state index contributed by atoms with van der Waals surface area (Å²) in [5, 5.41) is 7.77. The van der Waals surface area contributed by atoms with Crippen LogP contribution in [0.1, 0.15) is 49.9 Å². The molecule has 0 radical (unpaired) electrons. The molecule has 0 N–H and O–H groups in total. The molecule has 0 amide bonds. The Morgan fingerprint density at radius 1 is 0.298 bits per heavy atom. The van der Waals surface area contributed by atoms with Gasteiger partial charge in [0.2, 0.25) is 0 Å². The van der Waals surface area contributed by atoms with E-state index in [1.54, 1.807) is 0 Å². The fraction of sp³-hybridized carbons (Fsp3) is 0.107. The molecule has 9 aromatic carbocycles. The Morgan fingerprint density at radius 3 is 1.04 bits per heavy atom. The standard InChI is InChI=1S/C56H41N/c1-55(2)48-24-15-25-49-54(48)57-52-46(30-36(32-50(52)55)40-28-26-38(34-16-7-5-8-17-34)42-20-11-13-22-44(40)42)47-31-37(33-51(53(47)57)56(49,3)4)41-29-27-39(35-18-9-6-10-19-35)43-21-12-14-23-45(41)43/h5-33H,1-4H3. The summed E-state index contributed by atoms with van der Waals surface area (Å²) in [5.41, 5.74) is 19.3. The number of aromatic nitrogens is 1. The number of fused-ring (bicyclic) bond motifs is 3. The number of benzene rings is 9. The molecule has 3 heterocycles. The van der Waals surface area contributed by atoms with Crippen LogP contribution in [0.4, 0.5) is 0 Å². The Kier molecular flexibility index (Phi) is 6.53. The maximum atomic E-state index is 2.65. The van der Waals surface area contributed by atoms with Crippen molar-refractivity contribution in [1.29, 1.82) is 0 Å². The predicted octanol–water partition coefficient (Wildman–Crippen LogP) is 15.0. The first-order valence-corrected chi connectivity index (χ1v) is 20.3. The van der Waals surface area contributed by atoms with E-state index in [0.29, 0.717) is 0 Å². The van der Waals surface area contributed by atoms with E-state index in [0.717, 1.165) is 0 Å². The van der Waals surface area contributed by atoms with E-state index in [1.165, 1.54) is 116 Å². The Bertz CT molecular complexity index is 3100. The first-order chi connectivity index (χ1) is 27.8. The lowest BCUT2D eigenvalue weighted by molar-refractivity contribution is 0.594. The maximum absolute atomic E-state index is 2.65. The second-order valence-electron chi connectivity index (χ2n) is 17.3. The van der Waals surface area contributed by atoms with Gasteiger partial charge in [-0.25, -0.2) is 0 Å². The molecule has 2 aliphatic heterocycles. The molecule has 0 saturated heterocycles. The molecular weight excluding hydrogens is 687 g/mol. The van der Waals surface area contributed by atoms with Gasteiger partial charge in [0.1, 0.15) is 0 Å². The van der Waals surface area contributed by atoms with Crippen LogP contribution in [0.3, 0.4) is 0 Å². The lowest BCUT2D eigenvalue weighted by Gasteiger charge is -2.42. The lowest BCUT2D eigenvalue weighted by atomic mass is 9.68. The Labute approximate surface area is 333 Å². The van der Waals surface area contributed by atoms with Gasteiger partial charge >= 0.3 is 0 Å². The zero-order valence-corrected chi connectivity index (χ0v) is 32.7. The van der Waals surface area contributed by atoms with E-state index < -0.39 is 0 Å². The summed E-state index contributed by atoms with van der Waals surface area (Å²) in [6, 6.07) is 66.0. The zero-order chi connectivity index (χ0) is 38.2. The molecule has 10 aromatic rings. The largest absolute Gasteiger partial charge is 0.308 e. The van der Waals surface area contributed by atoms with Crippen LogP contribution in [0.25, 0.3) is 93.5 Å². The highest BCUT2D eigenvalue weighted by Gasteiger charge is 2.43. The molecule has 0 aliphatic carbocycles. The first kappa shape index (κ1) is 32.5. The third-order valence-electron chi connectivity index (χ3n) is 13.5. The molecule has 57 heavy (non-hydrogen) atoms. The van der Waals surface area contributed by atoms with E-state index >= 15 is 0 Å².